The maximum atomic E-state index is 12.5. The second kappa shape index (κ2) is 8.44. The van der Waals surface area contributed by atoms with Crippen molar-refractivity contribution in [3.8, 4) is 11.3 Å². The van der Waals surface area contributed by atoms with E-state index in [0.717, 1.165) is 11.3 Å². The molecule has 30 heavy (non-hydrogen) atoms. The fourth-order valence-electron chi connectivity index (χ4n) is 2.65. The number of carbonyl (C=O) groups excluding carboxylic acids is 1. The van der Waals surface area contributed by atoms with E-state index in [4.69, 9.17) is 0 Å². The monoisotopic (exact) mass is 436 g/mol. The normalized spacial score (nSPS) is 11.1. The number of hydrogen-bond donors (Lipinski definition) is 2. The smallest absolute Gasteiger partial charge is 0.261 e. The Balaban J connectivity index is 1.45. The lowest BCUT2D eigenvalue weighted by Crippen LogP contribution is -2.14. The molecular formula is C21H16N4O3S2. The second-order valence-electron chi connectivity index (χ2n) is 6.23. The number of sulfonamides is 1. The quantitative estimate of drug-likeness (QED) is 0.470. The molecule has 0 saturated heterocycles. The third-order valence-electron chi connectivity index (χ3n) is 4.13. The highest BCUT2D eigenvalue weighted by molar-refractivity contribution is 7.92. The van der Waals surface area contributed by atoms with Crippen molar-refractivity contribution in [2.45, 2.75) is 4.90 Å². The lowest BCUT2D eigenvalue weighted by molar-refractivity contribution is 0.102. The maximum Gasteiger partial charge on any atom is 0.261 e. The highest BCUT2D eigenvalue weighted by atomic mass is 32.2. The van der Waals surface area contributed by atoms with Gasteiger partial charge < -0.3 is 0 Å². The van der Waals surface area contributed by atoms with Gasteiger partial charge in [0.25, 0.3) is 15.9 Å². The Morgan fingerprint density at radius 2 is 1.70 bits per heavy atom. The minimum Gasteiger partial charge on any atom is -0.298 e. The number of para-hydroxylation sites is 1. The SMILES string of the molecule is O=C(Nc1nc(-c2cccnc2)cs1)c1ccc(S(=O)(=O)Nc2ccccc2)cc1. The summed E-state index contributed by atoms with van der Waals surface area (Å²) in [6.07, 6.45) is 3.38. The molecule has 4 aromatic rings. The van der Waals surface area contributed by atoms with E-state index in [1.807, 2.05) is 17.5 Å². The van der Waals surface area contributed by atoms with Gasteiger partial charge in [-0.3, -0.25) is 19.8 Å². The van der Waals surface area contributed by atoms with Crippen LogP contribution in [0.15, 0.2) is 89.4 Å². The summed E-state index contributed by atoms with van der Waals surface area (Å²) in [5, 5.41) is 5.01. The Bertz CT molecular complexity index is 1260. The van der Waals surface area contributed by atoms with Crippen LogP contribution in [0.1, 0.15) is 10.4 Å². The largest absolute Gasteiger partial charge is 0.298 e. The van der Waals surface area contributed by atoms with Gasteiger partial charge in [0.2, 0.25) is 0 Å². The number of benzene rings is 2. The topological polar surface area (TPSA) is 101 Å². The molecule has 0 aliphatic rings. The fraction of sp³-hybridized carbons (Fsp3) is 0. The van der Waals surface area contributed by atoms with E-state index < -0.39 is 10.0 Å². The average Bonchev–Trinajstić information content (AvgIpc) is 3.23. The number of nitrogens with zero attached hydrogens (tertiary/aromatic N) is 2. The van der Waals surface area contributed by atoms with Gasteiger partial charge in [0.05, 0.1) is 10.6 Å². The van der Waals surface area contributed by atoms with E-state index in [0.29, 0.717) is 16.4 Å². The predicted molar refractivity (Wildman–Crippen MR) is 117 cm³/mol. The van der Waals surface area contributed by atoms with Gasteiger partial charge in [-0.15, -0.1) is 11.3 Å². The predicted octanol–water partition coefficient (Wildman–Crippen LogP) is 4.26. The number of carbonyl (C=O) groups is 1. The van der Waals surface area contributed by atoms with Gasteiger partial charge in [0.1, 0.15) is 0 Å². The maximum absolute atomic E-state index is 12.5. The summed E-state index contributed by atoms with van der Waals surface area (Å²) in [6, 6.07) is 18.0. The highest BCUT2D eigenvalue weighted by Gasteiger charge is 2.16. The molecule has 0 aliphatic heterocycles. The van der Waals surface area contributed by atoms with Crippen LogP contribution in [0, 0.1) is 0 Å². The Morgan fingerprint density at radius 3 is 2.40 bits per heavy atom. The summed E-state index contributed by atoms with van der Waals surface area (Å²) in [5.74, 6) is -0.373. The summed E-state index contributed by atoms with van der Waals surface area (Å²) in [7, 11) is -3.74. The molecule has 0 saturated carbocycles. The van der Waals surface area contributed by atoms with Crippen LogP contribution in [0.2, 0.25) is 0 Å². The first-order valence-corrected chi connectivity index (χ1v) is 11.2. The van der Waals surface area contributed by atoms with E-state index in [1.54, 1.807) is 42.7 Å². The molecule has 0 radical (unpaired) electrons. The molecule has 0 spiro atoms. The van der Waals surface area contributed by atoms with Crippen molar-refractivity contribution in [1.82, 2.24) is 9.97 Å². The zero-order chi connectivity index (χ0) is 21.0. The lowest BCUT2D eigenvalue weighted by atomic mass is 10.2. The van der Waals surface area contributed by atoms with E-state index in [9.17, 15) is 13.2 Å². The molecular weight excluding hydrogens is 420 g/mol. The third-order valence-corrected chi connectivity index (χ3v) is 6.29. The Kier molecular flexibility index (Phi) is 5.55. The Labute approximate surface area is 177 Å². The number of pyridine rings is 1. The van der Waals surface area contributed by atoms with Gasteiger partial charge >= 0.3 is 0 Å². The molecule has 2 aromatic heterocycles. The number of aromatic nitrogens is 2. The zero-order valence-electron chi connectivity index (χ0n) is 15.5. The first kappa shape index (κ1) is 19.7. The summed E-state index contributed by atoms with van der Waals surface area (Å²) in [4.78, 5) is 21.0. The zero-order valence-corrected chi connectivity index (χ0v) is 17.2. The number of anilines is 2. The highest BCUT2D eigenvalue weighted by Crippen LogP contribution is 2.24. The molecule has 2 heterocycles. The molecule has 7 nitrogen and oxygen atoms in total. The standard InChI is InChI=1S/C21H16N4O3S2/c26-20(24-21-23-19(14-29-21)16-5-4-12-22-13-16)15-8-10-18(11-9-15)30(27,28)25-17-6-2-1-3-7-17/h1-14,25H,(H,23,24,26). The van der Waals surface area contributed by atoms with Crippen LogP contribution >= 0.6 is 11.3 Å². The van der Waals surface area contributed by atoms with Crippen molar-refractivity contribution in [3.63, 3.8) is 0 Å². The van der Waals surface area contributed by atoms with Gasteiger partial charge in [-0.1, -0.05) is 18.2 Å². The summed E-state index contributed by atoms with van der Waals surface area (Å²) >= 11 is 1.30. The molecule has 0 fully saturated rings. The van der Waals surface area contributed by atoms with Crippen molar-refractivity contribution in [2.75, 3.05) is 10.0 Å². The molecule has 4 rings (SSSR count). The van der Waals surface area contributed by atoms with Crippen LogP contribution < -0.4 is 10.0 Å². The molecule has 2 N–H and O–H groups in total. The van der Waals surface area contributed by atoms with E-state index in [-0.39, 0.29) is 10.8 Å². The summed E-state index contributed by atoms with van der Waals surface area (Å²) < 4.78 is 27.5. The van der Waals surface area contributed by atoms with Crippen molar-refractivity contribution in [3.05, 3.63) is 90.1 Å². The summed E-state index contributed by atoms with van der Waals surface area (Å²) in [6.45, 7) is 0. The van der Waals surface area contributed by atoms with Gasteiger partial charge in [0.15, 0.2) is 5.13 Å². The molecule has 0 bridgehead atoms. The van der Waals surface area contributed by atoms with Crippen molar-refractivity contribution < 1.29 is 13.2 Å². The van der Waals surface area contributed by atoms with E-state index >= 15 is 0 Å². The molecule has 0 aliphatic carbocycles. The Hall–Kier alpha value is -3.56. The lowest BCUT2D eigenvalue weighted by Gasteiger charge is -2.08. The summed E-state index contributed by atoms with van der Waals surface area (Å²) in [5.41, 5.74) is 2.37. The van der Waals surface area contributed by atoms with Gasteiger partial charge in [0, 0.05) is 34.6 Å². The van der Waals surface area contributed by atoms with Crippen molar-refractivity contribution in [2.24, 2.45) is 0 Å². The molecule has 0 unspecified atom stereocenters. The van der Waals surface area contributed by atoms with Gasteiger partial charge in [-0.25, -0.2) is 13.4 Å². The fourth-order valence-corrected chi connectivity index (χ4v) is 4.43. The van der Waals surface area contributed by atoms with E-state index in [2.05, 4.69) is 20.0 Å². The van der Waals surface area contributed by atoms with Crippen LogP contribution in [0.25, 0.3) is 11.3 Å². The average molecular weight is 437 g/mol. The van der Waals surface area contributed by atoms with Crippen LogP contribution in [-0.4, -0.2) is 24.3 Å². The van der Waals surface area contributed by atoms with Gasteiger partial charge in [-0.05, 0) is 48.5 Å². The van der Waals surface area contributed by atoms with Crippen molar-refractivity contribution in [1.29, 1.82) is 0 Å². The van der Waals surface area contributed by atoms with Gasteiger partial charge in [-0.2, -0.15) is 0 Å². The van der Waals surface area contributed by atoms with Crippen LogP contribution in [0.4, 0.5) is 10.8 Å². The first-order valence-electron chi connectivity index (χ1n) is 8.86. The molecule has 150 valence electrons. The number of nitrogens with one attached hydrogen (secondary N) is 2. The Morgan fingerprint density at radius 1 is 0.933 bits per heavy atom. The molecule has 1 amide bonds. The van der Waals surface area contributed by atoms with Crippen LogP contribution in [0.5, 0.6) is 0 Å². The minimum absolute atomic E-state index is 0.0658. The number of rotatable bonds is 6. The molecule has 2 aromatic carbocycles. The van der Waals surface area contributed by atoms with Crippen LogP contribution in [0.3, 0.4) is 0 Å². The number of thiazole rings is 1. The van der Waals surface area contributed by atoms with Crippen LogP contribution in [-0.2, 0) is 10.0 Å². The molecule has 0 atom stereocenters. The van der Waals surface area contributed by atoms with Crippen molar-refractivity contribution >= 4 is 38.1 Å². The van der Waals surface area contributed by atoms with E-state index in [1.165, 1.54) is 35.6 Å². The minimum atomic E-state index is -3.74. The number of amides is 1. The number of hydrogen-bond acceptors (Lipinski definition) is 6. The second-order valence-corrected chi connectivity index (χ2v) is 8.77. The molecule has 9 heteroatoms. The third kappa shape index (κ3) is 4.53. The first-order chi connectivity index (χ1) is 14.5.